The van der Waals surface area contributed by atoms with Crippen LogP contribution in [-0.2, 0) is 0 Å². The fourth-order valence-corrected chi connectivity index (χ4v) is 3.70. The van der Waals surface area contributed by atoms with Crippen LogP contribution < -0.4 is 15.4 Å². The summed E-state index contributed by atoms with van der Waals surface area (Å²) in [5.41, 5.74) is 1.60. The number of alkyl halides is 1. The number of aromatic nitrogens is 4. The Balaban J connectivity index is 1.41. The Kier molecular flexibility index (Phi) is 5.83. The standard InChI is InChI=1S/C19H23ClFN7O/c1-11-17(9-28(27-11)14-5-13(6-14)22-2)25-19-24-7-15(20)18(26-19)29-10-12-3-4-23-8-16(12)21/h7,9,12-14,16,23H,3-6,8,10H2,1H3,(H,24,25,26). The highest BCUT2D eigenvalue weighted by Crippen LogP contribution is 2.35. The zero-order valence-corrected chi connectivity index (χ0v) is 16.9. The molecule has 0 amide bonds. The van der Waals surface area contributed by atoms with Crippen LogP contribution in [0.5, 0.6) is 5.88 Å². The molecule has 1 aliphatic heterocycles. The lowest BCUT2D eigenvalue weighted by Gasteiger charge is -2.26. The minimum absolute atomic E-state index is 0.101. The van der Waals surface area contributed by atoms with Crippen molar-refractivity contribution >= 4 is 23.2 Å². The number of aryl methyl sites for hydroxylation is 1. The number of halogens is 2. The fourth-order valence-electron chi connectivity index (χ4n) is 3.55. The van der Waals surface area contributed by atoms with Crippen LogP contribution in [0.4, 0.5) is 16.0 Å². The number of nitrogens with one attached hydrogen (secondary N) is 2. The molecule has 3 heterocycles. The van der Waals surface area contributed by atoms with Crippen LogP contribution in [0.15, 0.2) is 12.4 Å². The third-order valence-electron chi connectivity index (χ3n) is 5.50. The normalized spacial score (nSPS) is 26.4. The lowest BCUT2D eigenvalue weighted by Crippen LogP contribution is -2.40. The highest BCUT2D eigenvalue weighted by molar-refractivity contribution is 6.31. The van der Waals surface area contributed by atoms with Crippen molar-refractivity contribution in [3.8, 4) is 5.88 Å². The van der Waals surface area contributed by atoms with E-state index in [0.717, 1.165) is 30.8 Å². The first-order valence-corrected chi connectivity index (χ1v) is 10.1. The van der Waals surface area contributed by atoms with E-state index in [1.54, 1.807) is 0 Å². The molecule has 2 aromatic heterocycles. The summed E-state index contributed by atoms with van der Waals surface area (Å²) in [6.07, 6.45) is 4.79. The van der Waals surface area contributed by atoms with Gasteiger partial charge in [0.2, 0.25) is 17.9 Å². The summed E-state index contributed by atoms with van der Waals surface area (Å²) < 4.78 is 21.6. The lowest BCUT2D eigenvalue weighted by atomic mass is 9.88. The van der Waals surface area contributed by atoms with Gasteiger partial charge in [-0.1, -0.05) is 11.6 Å². The molecule has 4 rings (SSSR count). The average molecular weight is 420 g/mol. The Morgan fingerprint density at radius 1 is 1.48 bits per heavy atom. The highest BCUT2D eigenvalue weighted by Gasteiger charge is 2.36. The summed E-state index contributed by atoms with van der Waals surface area (Å²) in [5.74, 6) is 0.390. The molecule has 2 atom stereocenters. The van der Waals surface area contributed by atoms with Gasteiger partial charge in [0.05, 0.1) is 30.2 Å². The van der Waals surface area contributed by atoms with E-state index < -0.39 is 6.17 Å². The van der Waals surface area contributed by atoms with Gasteiger partial charge >= 0.3 is 0 Å². The predicted octanol–water partition coefficient (Wildman–Crippen LogP) is 3.33. The van der Waals surface area contributed by atoms with Gasteiger partial charge in [-0.25, -0.2) is 15.9 Å². The number of piperidine rings is 1. The largest absolute Gasteiger partial charge is 0.476 e. The van der Waals surface area contributed by atoms with Gasteiger partial charge in [0.15, 0.2) is 0 Å². The minimum atomic E-state index is -0.940. The van der Waals surface area contributed by atoms with Crippen molar-refractivity contribution in [3.05, 3.63) is 34.5 Å². The molecule has 10 heteroatoms. The molecule has 154 valence electrons. The van der Waals surface area contributed by atoms with Crippen molar-refractivity contribution < 1.29 is 9.13 Å². The van der Waals surface area contributed by atoms with Crippen molar-refractivity contribution in [2.24, 2.45) is 5.92 Å². The number of anilines is 2. The Bertz CT molecular complexity index is 908. The zero-order valence-electron chi connectivity index (χ0n) is 16.1. The molecule has 0 radical (unpaired) electrons. The van der Waals surface area contributed by atoms with E-state index in [2.05, 4.69) is 30.5 Å². The van der Waals surface area contributed by atoms with Crippen molar-refractivity contribution in [1.82, 2.24) is 25.1 Å². The second kappa shape index (κ2) is 8.51. The van der Waals surface area contributed by atoms with Crippen LogP contribution >= 0.6 is 11.6 Å². The van der Waals surface area contributed by atoms with Crippen LogP contribution in [0.3, 0.4) is 0 Å². The van der Waals surface area contributed by atoms with E-state index in [4.69, 9.17) is 22.9 Å². The van der Waals surface area contributed by atoms with Gasteiger partial charge in [-0.15, -0.1) is 0 Å². The molecule has 2 aromatic rings. The molecule has 0 aromatic carbocycles. The summed E-state index contributed by atoms with van der Waals surface area (Å²) >= 11 is 6.16. The van der Waals surface area contributed by atoms with Crippen LogP contribution in [0.25, 0.3) is 4.85 Å². The topological polar surface area (TPSA) is 81.2 Å². The van der Waals surface area contributed by atoms with E-state index in [1.165, 1.54) is 6.20 Å². The molecule has 1 saturated heterocycles. The zero-order chi connectivity index (χ0) is 20.4. The third-order valence-corrected chi connectivity index (χ3v) is 5.76. The van der Waals surface area contributed by atoms with Crippen LogP contribution in [-0.4, -0.2) is 51.7 Å². The number of rotatable bonds is 6. The molecule has 0 bridgehead atoms. The first-order valence-electron chi connectivity index (χ1n) is 9.73. The predicted molar refractivity (Wildman–Crippen MR) is 107 cm³/mol. The first kappa shape index (κ1) is 19.9. The molecule has 2 N–H and O–H groups in total. The number of ether oxygens (including phenoxy) is 1. The van der Waals surface area contributed by atoms with Crippen LogP contribution in [0.1, 0.15) is 31.0 Å². The maximum absolute atomic E-state index is 14.0. The second-order valence-corrected chi connectivity index (χ2v) is 7.98. The molecule has 2 fully saturated rings. The van der Waals surface area contributed by atoms with Gasteiger partial charge in [0, 0.05) is 31.5 Å². The summed E-state index contributed by atoms with van der Waals surface area (Å²) in [6, 6.07) is 0.357. The van der Waals surface area contributed by atoms with Gasteiger partial charge in [0.1, 0.15) is 11.2 Å². The van der Waals surface area contributed by atoms with Gasteiger partial charge in [-0.2, -0.15) is 10.1 Å². The van der Waals surface area contributed by atoms with Gasteiger partial charge in [-0.3, -0.25) is 4.68 Å². The molecular formula is C19H23ClFN7O. The minimum Gasteiger partial charge on any atom is -0.476 e. The van der Waals surface area contributed by atoms with Crippen molar-refractivity contribution in [2.75, 3.05) is 25.0 Å². The maximum atomic E-state index is 14.0. The van der Waals surface area contributed by atoms with Crippen LogP contribution in [0, 0.1) is 19.4 Å². The SMILES string of the molecule is [C-]#[N+]C1CC(n2cc(Nc3ncc(Cl)c(OCC4CCNCC4F)n3)c(C)n2)C1. The molecule has 1 aliphatic carbocycles. The molecule has 1 saturated carbocycles. The summed E-state index contributed by atoms with van der Waals surface area (Å²) in [5, 5.41) is 11.0. The molecular weight excluding hydrogens is 397 g/mol. The van der Waals surface area contributed by atoms with Crippen molar-refractivity contribution in [3.63, 3.8) is 0 Å². The quantitative estimate of drug-likeness (QED) is 0.699. The Morgan fingerprint density at radius 3 is 3.07 bits per heavy atom. The van der Waals surface area contributed by atoms with Gasteiger partial charge < -0.3 is 20.2 Å². The molecule has 2 unspecified atom stereocenters. The third kappa shape index (κ3) is 4.43. The Morgan fingerprint density at radius 2 is 2.31 bits per heavy atom. The molecule has 0 spiro atoms. The van der Waals surface area contributed by atoms with E-state index in [-0.39, 0.29) is 35.5 Å². The monoisotopic (exact) mass is 419 g/mol. The second-order valence-electron chi connectivity index (χ2n) is 7.57. The molecule has 29 heavy (non-hydrogen) atoms. The number of hydrogen-bond acceptors (Lipinski definition) is 6. The first-order chi connectivity index (χ1) is 14.0. The lowest BCUT2D eigenvalue weighted by molar-refractivity contribution is 0.120. The van der Waals surface area contributed by atoms with Gasteiger partial charge in [-0.05, 0) is 19.9 Å². The van der Waals surface area contributed by atoms with E-state index in [9.17, 15) is 4.39 Å². The van der Waals surface area contributed by atoms with Crippen LogP contribution in [0.2, 0.25) is 5.02 Å². The van der Waals surface area contributed by atoms with E-state index in [0.29, 0.717) is 18.9 Å². The maximum Gasteiger partial charge on any atom is 0.237 e. The average Bonchev–Trinajstić information content (AvgIpc) is 3.02. The summed E-state index contributed by atoms with van der Waals surface area (Å²) in [7, 11) is 0. The molecule has 2 aliphatic rings. The Labute approximate surface area is 173 Å². The van der Waals surface area contributed by atoms with E-state index in [1.807, 2.05) is 17.8 Å². The molecule has 8 nitrogen and oxygen atoms in total. The fraction of sp³-hybridized carbons (Fsp3) is 0.579. The highest BCUT2D eigenvalue weighted by atomic mass is 35.5. The smallest absolute Gasteiger partial charge is 0.237 e. The number of nitrogens with zero attached hydrogens (tertiary/aromatic N) is 5. The summed E-state index contributed by atoms with van der Waals surface area (Å²) in [6.45, 7) is 10.3. The van der Waals surface area contributed by atoms with Gasteiger partial charge in [0.25, 0.3) is 0 Å². The van der Waals surface area contributed by atoms with E-state index >= 15 is 0 Å². The van der Waals surface area contributed by atoms with Crippen molar-refractivity contribution in [2.45, 2.75) is 44.4 Å². The number of hydrogen-bond donors (Lipinski definition) is 2. The van der Waals surface area contributed by atoms with Crippen molar-refractivity contribution in [1.29, 1.82) is 0 Å². The Hall–Kier alpha value is -2.44. The summed E-state index contributed by atoms with van der Waals surface area (Å²) in [4.78, 5) is 12.1.